The monoisotopic (exact) mass is 244 g/mol. The van der Waals surface area contributed by atoms with Gasteiger partial charge in [0.25, 0.3) is 0 Å². The van der Waals surface area contributed by atoms with Crippen LogP contribution in [0.5, 0.6) is 0 Å². The molecule has 1 aliphatic carbocycles. The van der Waals surface area contributed by atoms with E-state index in [9.17, 15) is 0 Å². The van der Waals surface area contributed by atoms with Gasteiger partial charge in [-0.2, -0.15) is 0 Å². The van der Waals surface area contributed by atoms with Crippen LogP contribution in [0.1, 0.15) is 64.5 Å². The SMILES string of the molecule is CCC(C)(c1ccccc1CC1CCC1)C(C)C. The zero-order chi connectivity index (χ0) is 13.2. The summed E-state index contributed by atoms with van der Waals surface area (Å²) in [5, 5.41) is 0. The minimum absolute atomic E-state index is 0.334. The third-order valence-electron chi connectivity index (χ3n) is 5.37. The fraction of sp³-hybridized carbons (Fsp3) is 0.667. The lowest BCUT2D eigenvalue weighted by Crippen LogP contribution is -2.30. The summed E-state index contributed by atoms with van der Waals surface area (Å²) in [6.45, 7) is 9.50. The Balaban J connectivity index is 2.30. The van der Waals surface area contributed by atoms with E-state index in [1.54, 1.807) is 11.1 Å². The quantitative estimate of drug-likeness (QED) is 0.654. The molecule has 0 radical (unpaired) electrons. The summed E-state index contributed by atoms with van der Waals surface area (Å²) in [5.41, 5.74) is 3.55. The summed E-state index contributed by atoms with van der Waals surface area (Å²) >= 11 is 0. The standard InChI is InChI=1S/C18H28/c1-5-18(4,14(2)3)17-12-7-6-11-16(17)13-15-9-8-10-15/h6-7,11-12,14-15H,5,8-10,13H2,1-4H3. The van der Waals surface area contributed by atoms with E-state index in [4.69, 9.17) is 0 Å². The van der Waals surface area contributed by atoms with E-state index in [1.165, 1.54) is 32.1 Å². The van der Waals surface area contributed by atoms with Crippen LogP contribution < -0.4 is 0 Å². The van der Waals surface area contributed by atoms with Crippen molar-refractivity contribution < 1.29 is 0 Å². The smallest absolute Gasteiger partial charge is 0.00522 e. The Kier molecular flexibility index (Phi) is 4.14. The number of rotatable bonds is 5. The van der Waals surface area contributed by atoms with Crippen LogP contribution in [-0.4, -0.2) is 0 Å². The molecule has 0 amide bonds. The summed E-state index contributed by atoms with van der Waals surface area (Å²) in [6, 6.07) is 9.17. The molecule has 0 aromatic heterocycles. The van der Waals surface area contributed by atoms with Crippen molar-refractivity contribution in [2.45, 2.75) is 65.2 Å². The van der Waals surface area contributed by atoms with Gasteiger partial charge in [0.1, 0.15) is 0 Å². The summed E-state index contributed by atoms with van der Waals surface area (Å²) in [6.07, 6.45) is 6.87. The Morgan fingerprint density at radius 3 is 2.39 bits per heavy atom. The molecular formula is C18H28. The van der Waals surface area contributed by atoms with E-state index in [0.717, 1.165) is 5.92 Å². The van der Waals surface area contributed by atoms with Crippen LogP contribution in [0.25, 0.3) is 0 Å². The molecule has 1 fully saturated rings. The molecule has 0 aliphatic heterocycles. The number of hydrogen-bond donors (Lipinski definition) is 0. The Labute approximate surface area is 113 Å². The molecule has 1 atom stereocenters. The van der Waals surface area contributed by atoms with Crippen molar-refractivity contribution in [3.8, 4) is 0 Å². The highest BCUT2D eigenvalue weighted by atomic mass is 14.4. The third-order valence-corrected chi connectivity index (χ3v) is 5.37. The molecule has 1 unspecified atom stereocenters. The van der Waals surface area contributed by atoms with Gasteiger partial charge >= 0.3 is 0 Å². The maximum atomic E-state index is 2.44. The van der Waals surface area contributed by atoms with Gasteiger partial charge in [-0.25, -0.2) is 0 Å². The van der Waals surface area contributed by atoms with Gasteiger partial charge in [-0.05, 0) is 41.2 Å². The van der Waals surface area contributed by atoms with Gasteiger partial charge in [0, 0.05) is 0 Å². The van der Waals surface area contributed by atoms with Gasteiger partial charge < -0.3 is 0 Å². The van der Waals surface area contributed by atoms with Crippen molar-refractivity contribution in [3.05, 3.63) is 35.4 Å². The molecule has 0 nitrogen and oxygen atoms in total. The van der Waals surface area contributed by atoms with Crippen molar-refractivity contribution in [1.29, 1.82) is 0 Å². The lowest BCUT2D eigenvalue weighted by molar-refractivity contribution is 0.300. The Bertz CT molecular complexity index is 387. The topological polar surface area (TPSA) is 0 Å². The zero-order valence-electron chi connectivity index (χ0n) is 12.5. The zero-order valence-corrected chi connectivity index (χ0v) is 12.5. The summed E-state index contributed by atoms with van der Waals surface area (Å²) < 4.78 is 0. The van der Waals surface area contributed by atoms with Crippen molar-refractivity contribution in [3.63, 3.8) is 0 Å². The first-order valence-corrected chi connectivity index (χ1v) is 7.66. The maximum absolute atomic E-state index is 2.44. The summed E-state index contributed by atoms with van der Waals surface area (Å²) in [5.74, 6) is 1.66. The first-order valence-electron chi connectivity index (χ1n) is 7.66. The van der Waals surface area contributed by atoms with Crippen molar-refractivity contribution >= 4 is 0 Å². The molecule has 18 heavy (non-hydrogen) atoms. The van der Waals surface area contributed by atoms with Crippen LogP contribution >= 0.6 is 0 Å². The van der Waals surface area contributed by atoms with Crippen LogP contribution in [0.15, 0.2) is 24.3 Å². The molecule has 100 valence electrons. The van der Waals surface area contributed by atoms with Gasteiger partial charge in [-0.15, -0.1) is 0 Å². The summed E-state index contributed by atoms with van der Waals surface area (Å²) in [7, 11) is 0. The lowest BCUT2D eigenvalue weighted by atomic mass is 9.68. The van der Waals surface area contributed by atoms with E-state index in [-0.39, 0.29) is 0 Å². The van der Waals surface area contributed by atoms with Crippen LogP contribution in [0.4, 0.5) is 0 Å². The summed E-state index contributed by atoms with van der Waals surface area (Å²) in [4.78, 5) is 0. The normalized spacial score (nSPS) is 19.6. The second-order valence-electron chi connectivity index (χ2n) is 6.58. The van der Waals surface area contributed by atoms with Gasteiger partial charge in [-0.3, -0.25) is 0 Å². The second kappa shape index (κ2) is 5.47. The van der Waals surface area contributed by atoms with E-state index in [0.29, 0.717) is 11.3 Å². The fourth-order valence-electron chi connectivity index (χ4n) is 3.17. The van der Waals surface area contributed by atoms with Gasteiger partial charge in [0.15, 0.2) is 0 Å². The van der Waals surface area contributed by atoms with Crippen molar-refractivity contribution in [2.75, 3.05) is 0 Å². The predicted octanol–water partition coefficient (Wildman–Crippen LogP) is 5.35. The molecule has 0 bridgehead atoms. The molecule has 0 saturated heterocycles. The molecule has 1 aliphatic rings. The lowest BCUT2D eigenvalue weighted by Gasteiger charge is -2.36. The van der Waals surface area contributed by atoms with Crippen LogP contribution in [0.2, 0.25) is 0 Å². The molecule has 2 rings (SSSR count). The van der Waals surface area contributed by atoms with Crippen LogP contribution in [0.3, 0.4) is 0 Å². The highest BCUT2D eigenvalue weighted by Crippen LogP contribution is 2.39. The second-order valence-corrected chi connectivity index (χ2v) is 6.58. The van der Waals surface area contributed by atoms with Crippen LogP contribution in [-0.2, 0) is 11.8 Å². The van der Waals surface area contributed by atoms with Gasteiger partial charge in [0.05, 0.1) is 0 Å². The molecule has 1 aromatic carbocycles. The highest BCUT2D eigenvalue weighted by molar-refractivity contribution is 5.35. The molecule has 0 heterocycles. The maximum Gasteiger partial charge on any atom is -0.00522 e. The van der Waals surface area contributed by atoms with Crippen molar-refractivity contribution in [2.24, 2.45) is 11.8 Å². The molecule has 1 saturated carbocycles. The molecular weight excluding hydrogens is 216 g/mol. The Morgan fingerprint density at radius 2 is 1.89 bits per heavy atom. The minimum atomic E-state index is 0.334. The van der Waals surface area contributed by atoms with Crippen LogP contribution in [0, 0.1) is 11.8 Å². The Morgan fingerprint density at radius 1 is 1.22 bits per heavy atom. The number of hydrogen-bond acceptors (Lipinski definition) is 0. The third kappa shape index (κ3) is 2.48. The van der Waals surface area contributed by atoms with Crippen molar-refractivity contribution in [1.82, 2.24) is 0 Å². The average Bonchev–Trinajstić information content (AvgIpc) is 2.33. The Hall–Kier alpha value is -0.780. The van der Waals surface area contributed by atoms with Gasteiger partial charge in [0.2, 0.25) is 0 Å². The van der Waals surface area contributed by atoms with E-state index in [1.807, 2.05) is 0 Å². The minimum Gasteiger partial charge on any atom is -0.0645 e. The average molecular weight is 244 g/mol. The predicted molar refractivity (Wildman–Crippen MR) is 80.0 cm³/mol. The molecule has 0 N–H and O–H groups in total. The van der Waals surface area contributed by atoms with E-state index < -0.39 is 0 Å². The fourth-order valence-corrected chi connectivity index (χ4v) is 3.17. The number of benzene rings is 1. The van der Waals surface area contributed by atoms with Gasteiger partial charge in [-0.1, -0.05) is 71.2 Å². The van der Waals surface area contributed by atoms with E-state index in [2.05, 4.69) is 52.0 Å². The highest BCUT2D eigenvalue weighted by Gasteiger charge is 2.31. The van der Waals surface area contributed by atoms with E-state index >= 15 is 0 Å². The molecule has 1 aromatic rings. The molecule has 0 heteroatoms. The largest absolute Gasteiger partial charge is 0.0645 e. The first kappa shape index (κ1) is 13.6. The first-order chi connectivity index (χ1) is 8.58. The molecule has 0 spiro atoms.